The summed E-state index contributed by atoms with van der Waals surface area (Å²) in [7, 11) is -22.3. The van der Waals surface area contributed by atoms with E-state index in [2.05, 4.69) is 21.3 Å². The van der Waals surface area contributed by atoms with Gasteiger partial charge in [0.15, 0.2) is 106 Å². The topological polar surface area (TPSA) is 363 Å². The van der Waals surface area contributed by atoms with Crippen molar-refractivity contribution in [3.63, 3.8) is 0 Å². The Morgan fingerprint density at radius 1 is 0.267 bits per heavy atom. The second-order valence-corrected chi connectivity index (χ2v) is 54.7. The minimum absolute atomic E-state index is 0.0833. The predicted molar refractivity (Wildman–Crippen MR) is 312 cm³/mol. The van der Waals surface area contributed by atoms with E-state index in [1.807, 2.05) is 39.3 Å². The fourth-order valence-electron chi connectivity index (χ4n) is 2.11. The predicted octanol–water partition coefficient (Wildman–Crippen LogP) is -26.5. The molecule has 0 heterocycles. The van der Waals surface area contributed by atoms with Gasteiger partial charge in [0.2, 0.25) is 0 Å². The van der Waals surface area contributed by atoms with Gasteiger partial charge in [-0.2, -0.15) is 0 Å². The molecule has 0 aromatic rings. The van der Waals surface area contributed by atoms with Crippen molar-refractivity contribution in [1.82, 2.24) is 0 Å². The lowest BCUT2D eigenvalue weighted by Gasteiger charge is -2.29. The first-order chi connectivity index (χ1) is 29.1. The minimum atomic E-state index is -1.37. The van der Waals surface area contributed by atoms with Gasteiger partial charge in [0, 0.05) is 3.91 Å². The Morgan fingerprint density at radius 3 is 0.733 bits per heavy atom. The van der Waals surface area contributed by atoms with Crippen molar-refractivity contribution in [2.24, 2.45) is 0 Å². The molecule has 0 amide bonds. The Kier molecular flexibility index (Phi) is 143. The maximum atomic E-state index is 10.1. The quantitative estimate of drug-likeness (QED) is 0.0227. The zero-order valence-corrected chi connectivity index (χ0v) is 74.3. The SMILES string of the molecule is C[SiH2]O.C[SiH2]O.C[SiH2]O.C[SiH2]O.C[SiH2]O.C[SiH2]O.C[SiH2]O[SiH2]O[SiH2]O[SiH2]O.C[SiH2]O[SiH2][SiH2]O[SiH2]C([SiH2]O)([SiH2]O[SiH2]O[SiH2]O[SiH2]O)[SiH2]O[SiH2]O[SiH2]O[SiH2]O.O[SiH2]O[SiH2]O[SiH2]O. The molecular formula is C9H88O25Si26. The molecule has 12 N–H and O–H groups in total. The van der Waals surface area contributed by atoms with Crippen molar-refractivity contribution in [2.45, 2.75) is 56.3 Å². The van der Waals surface area contributed by atoms with Gasteiger partial charge in [-0.05, 0) is 0 Å². The van der Waals surface area contributed by atoms with Gasteiger partial charge >= 0.3 is 0 Å². The van der Waals surface area contributed by atoms with Crippen molar-refractivity contribution < 1.29 is 111 Å². The molecule has 0 aliphatic heterocycles. The van der Waals surface area contributed by atoms with Gasteiger partial charge in [-0.25, -0.2) is 0 Å². The van der Waals surface area contributed by atoms with Crippen LogP contribution in [0.1, 0.15) is 0 Å². The van der Waals surface area contributed by atoms with Crippen LogP contribution < -0.4 is 0 Å². The first-order valence-electron chi connectivity index (χ1n) is 18.9. The molecule has 51 heteroatoms. The third kappa shape index (κ3) is 125. The average molecular weight is 1330 g/mol. The summed E-state index contributed by atoms with van der Waals surface area (Å²) in [5, 5.41) is 0. The molecule has 0 spiro atoms. The van der Waals surface area contributed by atoms with Crippen LogP contribution >= 0.6 is 0 Å². The Balaban J connectivity index is -0.0000000886. The lowest BCUT2D eigenvalue weighted by molar-refractivity contribution is 0.388. The van der Waals surface area contributed by atoms with Gasteiger partial charge in [-0.1, -0.05) is 52.4 Å². The monoisotopic (exact) mass is 1320 g/mol. The lowest BCUT2D eigenvalue weighted by Crippen LogP contribution is -2.44. The van der Waals surface area contributed by atoms with Gasteiger partial charge in [0.05, 0.1) is 0 Å². The Labute approximate surface area is 419 Å². The van der Waals surface area contributed by atoms with Crippen LogP contribution in [0.4, 0.5) is 0 Å². The van der Waals surface area contributed by atoms with Gasteiger partial charge in [0.25, 0.3) is 120 Å². The number of hydrogen-bond acceptors (Lipinski definition) is 25. The number of rotatable bonds is 31. The molecule has 0 rings (SSSR count). The van der Waals surface area contributed by atoms with E-state index < -0.39 is 236 Å². The summed E-state index contributed by atoms with van der Waals surface area (Å²) in [6.45, 7) is 15.1. The van der Waals surface area contributed by atoms with E-state index in [9.17, 15) is 4.80 Å². The Morgan fingerprint density at radius 2 is 0.483 bits per heavy atom. The zero-order valence-electron chi connectivity index (χ0n) is 37.6. The molecule has 60 heavy (non-hydrogen) atoms. The first kappa shape index (κ1) is 84.6. The zero-order chi connectivity index (χ0) is 48.1. The normalized spacial score (nSPS) is 15.6. The van der Waals surface area contributed by atoms with Crippen LogP contribution in [0.3, 0.4) is 0 Å². The van der Waals surface area contributed by atoms with Crippen molar-refractivity contribution in [3.8, 4) is 0 Å². The van der Waals surface area contributed by atoms with Crippen LogP contribution in [0, 0.1) is 0 Å². The summed E-state index contributed by atoms with van der Waals surface area (Å²) >= 11 is 0. The van der Waals surface area contributed by atoms with E-state index in [0.29, 0.717) is 0 Å². The van der Waals surface area contributed by atoms with Crippen molar-refractivity contribution >= 4 is 256 Å². The minimum Gasteiger partial charge on any atom is -0.466 e. The molecule has 0 aliphatic rings. The largest absolute Gasteiger partial charge is 0.466 e. The molecule has 0 radical (unpaired) electrons. The molecular weight excluding hydrogens is 1240 g/mol. The summed E-state index contributed by atoms with van der Waals surface area (Å²) in [5.41, 5.74) is 0. The molecule has 0 unspecified atom stereocenters. The van der Waals surface area contributed by atoms with Crippen LogP contribution in [0.25, 0.3) is 0 Å². The van der Waals surface area contributed by atoms with E-state index >= 15 is 0 Å². The molecule has 0 bridgehead atoms. The fraction of sp³-hybridized carbons (Fsp3) is 1.00. The average Bonchev–Trinajstić information content (AvgIpc) is 3.22. The third-order valence-electron chi connectivity index (χ3n) is 3.96. The maximum absolute atomic E-state index is 10.1. The highest BCUT2D eigenvalue weighted by molar-refractivity contribution is 6.99. The van der Waals surface area contributed by atoms with Crippen molar-refractivity contribution in [2.75, 3.05) is 0 Å². The summed E-state index contributed by atoms with van der Waals surface area (Å²) in [4.78, 5) is 98.3. The van der Waals surface area contributed by atoms with Crippen LogP contribution in [0.5, 0.6) is 0 Å². The molecule has 0 saturated heterocycles. The molecule has 0 atom stereocenters. The molecule has 0 saturated carbocycles. The smallest absolute Gasteiger partial charge is 0.292 e. The van der Waals surface area contributed by atoms with E-state index in [0.717, 1.165) is 0 Å². The highest BCUT2D eigenvalue weighted by Crippen LogP contribution is 2.19. The summed E-state index contributed by atoms with van der Waals surface area (Å²) in [6.07, 6.45) is 0. The fourth-order valence-corrected chi connectivity index (χ4v) is 44.2. The molecule has 25 nitrogen and oxygen atoms in total. The third-order valence-corrected chi connectivity index (χ3v) is 40.9. The summed E-state index contributed by atoms with van der Waals surface area (Å²) in [5.74, 6) is 0. The van der Waals surface area contributed by atoms with E-state index in [1.165, 1.54) is 0 Å². The van der Waals surface area contributed by atoms with Gasteiger partial charge in [-0.3, -0.25) is 0 Å². The number of hydrogen-bond donors (Lipinski definition) is 12. The lowest BCUT2D eigenvalue weighted by atomic mass is 11.8. The van der Waals surface area contributed by atoms with Crippen LogP contribution in [0.15, 0.2) is 0 Å². The summed E-state index contributed by atoms with van der Waals surface area (Å²) < 4.78 is 68.2. The van der Waals surface area contributed by atoms with Crippen molar-refractivity contribution in [3.05, 3.63) is 0 Å². The molecule has 0 aromatic carbocycles. The summed E-state index contributed by atoms with van der Waals surface area (Å²) in [6, 6.07) is 0. The highest BCUT2D eigenvalue weighted by atomic mass is 29.2. The van der Waals surface area contributed by atoms with Crippen LogP contribution in [0.2, 0.25) is 56.3 Å². The molecule has 0 aromatic heterocycles. The second kappa shape index (κ2) is 101. The highest BCUT2D eigenvalue weighted by Gasteiger charge is 2.34. The van der Waals surface area contributed by atoms with Crippen LogP contribution in [-0.4, -0.2) is 313 Å². The second-order valence-electron chi connectivity index (χ2n) is 9.10. The van der Waals surface area contributed by atoms with Gasteiger partial charge < -0.3 is 111 Å². The van der Waals surface area contributed by atoms with E-state index in [1.54, 1.807) is 0 Å². The van der Waals surface area contributed by atoms with Crippen LogP contribution in [-0.2, 0) is 53.5 Å². The standard InChI is InChI=1S/C2H32O11Si13.CH12O4Si4.6CH6OSi.H8O4Si3/c1-14-6-25-26-9-18-2(15-3,16-7-21-12-23-10-19-4)17-8-22-13-24-11-20-5;1-6-3-8-5-9-4-7-2;6*1-3-2;1-5-3-7-4-6-2/h3-5H,14-26H2,1H3;2H,6-9H2,1H3;6*2H,3H2,1H3;1-2H,5-7H2. The van der Waals surface area contributed by atoms with Gasteiger partial charge in [0.1, 0.15) is 29.3 Å². The van der Waals surface area contributed by atoms with Gasteiger partial charge in [-0.15, -0.1) is 0 Å². The van der Waals surface area contributed by atoms with E-state index in [4.69, 9.17) is 98.0 Å². The maximum Gasteiger partial charge on any atom is 0.292 e. The first-order valence-corrected chi connectivity index (χ1v) is 59.6. The molecule has 0 fully saturated rings. The molecule has 0 aliphatic carbocycles. The Hall–Kier alpha value is 4.64. The molecule has 378 valence electrons. The Bertz CT molecular complexity index is 538. The van der Waals surface area contributed by atoms with E-state index in [-0.39, 0.29) is 23.4 Å². The van der Waals surface area contributed by atoms with Crippen molar-refractivity contribution in [1.29, 1.82) is 0 Å².